The van der Waals surface area contributed by atoms with Gasteiger partial charge in [-0.15, -0.1) is 0 Å². The molecular weight excluding hydrogens is 179 g/mol. The number of hydrogen-bond acceptors (Lipinski definition) is 0. The van der Waals surface area contributed by atoms with Crippen LogP contribution in [-0.2, 0) is 0 Å². The Labute approximate surface area is 95.3 Å². The Kier molecular flexibility index (Phi) is 6.23. The van der Waals surface area contributed by atoms with Gasteiger partial charge in [-0.1, -0.05) is 87.6 Å². The first-order valence-corrected chi connectivity index (χ1v) is 6.26. The quantitative estimate of drug-likeness (QED) is 0.465. The second kappa shape index (κ2) is 7.56. The van der Waals surface area contributed by atoms with E-state index in [0.29, 0.717) is 0 Å². The summed E-state index contributed by atoms with van der Waals surface area (Å²) in [7, 11) is 2.43. The van der Waals surface area contributed by atoms with Crippen LogP contribution in [0.4, 0.5) is 0 Å². The zero-order valence-corrected chi connectivity index (χ0v) is 10.1. The van der Waals surface area contributed by atoms with E-state index in [1.807, 2.05) is 0 Å². The maximum Gasteiger partial charge on any atom is 0.154 e. The summed E-state index contributed by atoms with van der Waals surface area (Å²) >= 11 is 0. The Balaban J connectivity index is 2.33. The van der Waals surface area contributed by atoms with Crippen molar-refractivity contribution in [3.05, 3.63) is 30.3 Å². The van der Waals surface area contributed by atoms with E-state index in [2.05, 4.69) is 51.5 Å². The summed E-state index contributed by atoms with van der Waals surface area (Å²) in [6.45, 7) is 4.55. The molecule has 15 heavy (non-hydrogen) atoms. The fourth-order valence-electron chi connectivity index (χ4n) is 1.90. The number of hydrogen-bond donors (Lipinski definition) is 0. The average molecular weight is 201 g/mol. The van der Waals surface area contributed by atoms with E-state index in [4.69, 9.17) is 0 Å². The Hall–Kier alpha value is -0.715. The van der Waals surface area contributed by atoms with Gasteiger partial charge >= 0.3 is 0 Å². The van der Waals surface area contributed by atoms with Crippen molar-refractivity contribution in [1.82, 2.24) is 0 Å². The summed E-state index contributed by atoms with van der Waals surface area (Å²) in [6, 6.07) is 10.7. The zero-order chi connectivity index (χ0) is 10.9. The van der Waals surface area contributed by atoms with E-state index in [-0.39, 0.29) is 0 Å². The smallest absolute Gasteiger partial charge is 0.0875 e. The highest BCUT2D eigenvalue weighted by Gasteiger charge is 2.08. The molecular formula is C14H22B. The summed E-state index contributed by atoms with van der Waals surface area (Å²) in [5.74, 6) is 0.763. The molecule has 0 aliphatic carbocycles. The van der Waals surface area contributed by atoms with Gasteiger partial charge in [-0.2, -0.15) is 0 Å². The first-order chi connectivity index (χ1) is 7.36. The van der Waals surface area contributed by atoms with Gasteiger partial charge in [-0.3, -0.25) is 0 Å². The monoisotopic (exact) mass is 201 g/mol. The molecule has 81 valence electrons. The van der Waals surface area contributed by atoms with Gasteiger partial charge in [0.15, 0.2) is 7.28 Å². The van der Waals surface area contributed by atoms with Crippen molar-refractivity contribution in [3.8, 4) is 0 Å². The van der Waals surface area contributed by atoms with Gasteiger partial charge in [-0.05, 0) is 0 Å². The van der Waals surface area contributed by atoms with E-state index in [0.717, 1.165) is 5.82 Å². The number of unbranched alkanes of at least 4 members (excludes halogenated alkanes) is 2. The van der Waals surface area contributed by atoms with Crippen molar-refractivity contribution in [2.45, 2.75) is 51.8 Å². The molecule has 1 rings (SSSR count). The highest BCUT2D eigenvalue weighted by molar-refractivity contribution is 6.54. The van der Waals surface area contributed by atoms with Crippen molar-refractivity contribution < 1.29 is 0 Å². The summed E-state index contributed by atoms with van der Waals surface area (Å²) in [5.41, 5.74) is 1.38. The van der Waals surface area contributed by atoms with Gasteiger partial charge in [0.05, 0.1) is 0 Å². The minimum atomic E-state index is 0.763. The number of rotatable bonds is 7. The molecule has 0 aliphatic heterocycles. The van der Waals surface area contributed by atoms with Gasteiger partial charge < -0.3 is 0 Å². The van der Waals surface area contributed by atoms with Crippen molar-refractivity contribution in [3.63, 3.8) is 0 Å². The van der Waals surface area contributed by atoms with Crippen molar-refractivity contribution in [2.24, 2.45) is 0 Å². The molecule has 0 spiro atoms. The van der Waals surface area contributed by atoms with Crippen LogP contribution in [0.1, 0.15) is 46.0 Å². The molecule has 0 N–H and O–H groups in total. The molecule has 1 aromatic carbocycles. The standard InChI is InChI=1S/C14H22B/c1-3-5-7-10-13(4-2)15-14-11-8-6-9-12-14/h6,8-9,11-13H,3-5,7,10H2,1-2H3. The number of benzene rings is 1. The van der Waals surface area contributed by atoms with Crippen LogP contribution in [-0.4, -0.2) is 7.28 Å². The predicted molar refractivity (Wildman–Crippen MR) is 70.0 cm³/mol. The van der Waals surface area contributed by atoms with E-state index in [9.17, 15) is 0 Å². The lowest BCUT2D eigenvalue weighted by Gasteiger charge is -2.13. The van der Waals surface area contributed by atoms with Crippen molar-refractivity contribution in [1.29, 1.82) is 0 Å². The predicted octanol–water partition coefficient (Wildman–Crippen LogP) is 3.79. The fraction of sp³-hybridized carbons (Fsp3) is 0.571. The highest BCUT2D eigenvalue weighted by Crippen LogP contribution is 2.17. The summed E-state index contributed by atoms with van der Waals surface area (Å²) < 4.78 is 0. The van der Waals surface area contributed by atoms with Crippen molar-refractivity contribution >= 4 is 12.7 Å². The molecule has 1 radical (unpaired) electrons. The molecule has 0 aromatic heterocycles. The maximum absolute atomic E-state index is 2.43. The Bertz CT molecular complexity index is 243. The summed E-state index contributed by atoms with van der Waals surface area (Å²) in [4.78, 5) is 0. The lowest BCUT2D eigenvalue weighted by atomic mass is 9.57. The van der Waals surface area contributed by atoms with Crippen LogP contribution in [0.25, 0.3) is 0 Å². The first-order valence-electron chi connectivity index (χ1n) is 6.26. The first kappa shape index (κ1) is 12.4. The third-order valence-corrected chi connectivity index (χ3v) is 2.93. The lowest BCUT2D eigenvalue weighted by Crippen LogP contribution is -2.18. The summed E-state index contributed by atoms with van der Waals surface area (Å²) in [5, 5.41) is 0. The Morgan fingerprint density at radius 2 is 1.80 bits per heavy atom. The molecule has 0 nitrogen and oxygen atoms in total. The van der Waals surface area contributed by atoms with Crippen LogP contribution in [0.15, 0.2) is 30.3 Å². The SMILES string of the molecule is CCCCCC([B]c1ccccc1)CC. The molecule has 1 heteroatoms. The van der Waals surface area contributed by atoms with Crippen LogP contribution in [0.3, 0.4) is 0 Å². The topological polar surface area (TPSA) is 0 Å². The van der Waals surface area contributed by atoms with Crippen LogP contribution in [0, 0.1) is 0 Å². The largest absolute Gasteiger partial charge is 0.154 e. The third-order valence-electron chi connectivity index (χ3n) is 2.93. The molecule has 0 amide bonds. The molecule has 0 heterocycles. The molecule has 0 saturated carbocycles. The third kappa shape index (κ3) is 5.06. The molecule has 1 unspecified atom stereocenters. The molecule has 0 aliphatic rings. The van der Waals surface area contributed by atoms with Crippen LogP contribution < -0.4 is 5.46 Å². The van der Waals surface area contributed by atoms with Crippen LogP contribution in [0.2, 0.25) is 5.82 Å². The molecule has 0 saturated heterocycles. The van der Waals surface area contributed by atoms with Gasteiger partial charge in [0, 0.05) is 0 Å². The van der Waals surface area contributed by atoms with Gasteiger partial charge in [0.2, 0.25) is 0 Å². The molecule has 1 atom stereocenters. The minimum Gasteiger partial charge on any atom is -0.0875 e. The summed E-state index contributed by atoms with van der Waals surface area (Å²) in [6.07, 6.45) is 6.68. The minimum absolute atomic E-state index is 0.763. The van der Waals surface area contributed by atoms with Gasteiger partial charge in [0.25, 0.3) is 0 Å². The zero-order valence-electron chi connectivity index (χ0n) is 10.1. The maximum atomic E-state index is 2.43. The van der Waals surface area contributed by atoms with Gasteiger partial charge in [-0.25, -0.2) is 0 Å². The Morgan fingerprint density at radius 1 is 1.07 bits per heavy atom. The molecule has 0 bridgehead atoms. The Morgan fingerprint density at radius 3 is 2.40 bits per heavy atom. The van der Waals surface area contributed by atoms with Crippen LogP contribution >= 0.6 is 0 Å². The van der Waals surface area contributed by atoms with Crippen LogP contribution in [0.5, 0.6) is 0 Å². The van der Waals surface area contributed by atoms with E-state index in [1.165, 1.54) is 37.6 Å². The lowest BCUT2D eigenvalue weighted by molar-refractivity contribution is 0.621. The fourth-order valence-corrected chi connectivity index (χ4v) is 1.90. The highest BCUT2D eigenvalue weighted by atomic mass is 14.0. The second-order valence-corrected chi connectivity index (χ2v) is 4.24. The average Bonchev–Trinajstić information content (AvgIpc) is 2.29. The van der Waals surface area contributed by atoms with Crippen molar-refractivity contribution in [2.75, 3.05) is 0 Å². The normalized spacial score (nSPS) is 12.4. The van der Waals surface area contributed by atoms with E-state index >= 15 is 0 Å². The second-order valence-electron chi connectivity index (χ2n) is 4.24. The van der Waals surface area contributed by atoms with Gasteiger partial charge in [0.1, 0.15) is 0 Å². The molecule has 1 aromatic rings. The van der Waals surface area contributed by atoms with E-state index < -0.39 is 0 Å². The molecule has 0 fully saturated rings. The van der Waals surface area contributed by atoms with E-state index in [1.54, 1.807) is 0 Å².